The Hall–Kier alpha value is -1.07. The minimum atomic E-state index is -1.02. The van der Waals surface area contributed by atoms with Gasteiger partial charge in [0.1, 0.15) is 11.8 Å². The van der Waals surface area contributed by atoms with Crippen LogP contribution in [0.2, 0.25) is 0 Å². The predicted octanol–water partition coefficient (Wildman–Crippen LogP) is 1.72. The maximum atomic E-state index is 10.7. The number of hydrogen-bond acceptors (Lipinski definition) is 3. The van der Waals surface area contributed by atoms with Crippen LogP contribution in [-0.2, 0) is 11.2 Å². The predicted molar refractivity (Wildman–Crippen MR) is 64.7 cm³/mol. The van der Waals surface area contributed by atoms with Crippen molar-refractivity contribution in [1.82, 2.24) is 0 Å². The Bertz CT molecular complexity index is 406. The Balaban J connectivity index is 3.05. The van der Waals surface area contributed by atoms with E-state index in [1.54, 1.807) is 7.11 Å². The van der Waals surface area contributed by atoms with Crippen LogP contribution in [0.5, 0.6) is 5.75 Å². The Kier molecular flexibility index (Phi) is 4.32. The number of carbonyl (C=O) groups is 1. The zero-order valence-corrected chi connectivity index (χ0v) is 10.7. The van der Waals surface area contributed by atoms with Gasteiger partial charge >= 0.3 is 5.97 Å². The summed E-state index contributed by atoms with van der Waals surface area (Å²) in [6.45, 7) is 1.94. The van der Waals surface area contributed by atoms with Gasteiger partial charge in [0.15, 0.2) is 0 Å². The van der Waals surface area contributed by atoms with Crippen molar-refractivity contribution in [1.29, 1.82) is 0 Å². The summed E-state index contributed by atoms with van der Waals surface area (Å²) in [5, 5.41) is 8.75. The molecule has 0 bridgehead atoms. The molecular formula is C11H14BrNO3. The Labute approximate surface area is 103 Å². The third-order valence-corrected chi connectivity index (χ3v) is 3.32. The standard InChI is InChI=1S/C11H14BrNO3/c1-6-3-4-7(5-8(13)11(14)15)10(16-2)9(6)12/h3-4,8H,5,13H2,1-2H3,(H,14,15). The second-order valence-corrected chi connectivity index (χ2v) is 4.33. The van der Waals surface area contributed by atoms with E-state index in [0.717, 1.165) is 15.6 Å². The van der Waals surface area contributed by atoms with Gasteiger partial charge in [-0.3, -0.25) is 4.79 Å². The number of carboxylic acid groups (broad SMARTS) is 1. The summed E-state index contributed by atoms with van der Waals surface area (Å²) >= 11 is 3.40. The van der Waals surface area contributed by atoms with Gasteiger partial charge in [0.25, 0.3) is 0 Å². The fourth-order valence-electron chi connectivity index (χ4n) is 1.40. The molecule has 3 N–H and O–H groups in total. The molecule has 0 aliphatic heterocycles. The van der Waals surface area contributed by atoms with Crippen LogP contribution in [0, 0.1) is 6.92 Å². The lowest BCUT2D eigenvalue weighted by Gasteiger charge is -2.14. The minimum absolute atomic E-state index is 0.247. The quantitative estimate of drug-likeness (QED) is 0.885. The third-order valence-electron chi connectivity index (χ3n) is 2.33. The van der Waals surface area contributed by atoms with E-state index in [-0.39, 0.29) is 6.42 Å². The van der Waals surface area contributed by atoms with Gasteiger partial charge in [-0.15, -0.1) is 0 Å². The number of halogens is 1. The largest absolute Gasteiger partial charge is 0.495 e. The summed E-state index contributed by atoms with van der Waals surface area (Å²) in [4.78, 5) is 10.7. The van der Waals surface area contributed by atoms with E-state index in [9.17, 15) is 4.79 Å². The molecule has 0 aliphatic rings. The summed E-state index contributed by atoms with van der Waals surface area (Å²) < 4.78 is 6.08. The van der Waals surface area contributed by atoms with E-state index in [2.05, 4.69) is 15.9 Å². The summed E-state index contributed by atoms with van der Waals surface area (Å²) in [7, 11) is 1.55. The van der Waals surface area contributed by atoms with E-state index < -0.39 is 12.0 Å². The molecule has 0 aromatic heterocycles. The molecule has 88 valence electrons. The highest BCUT2D eigenvalue weighted by molar-refractivity contribution is 9.10. The second-order valence-electron chi connectivity index (χ2n) is 3.54. The van der Waals surface area contributed by atoms with Crippen LogP contribution >= 0.6 is 15.9 Å². The summed E-state index contributed by atoms with van der Waals surface area (Å²) in [6.07, 6.45) is 0.247. The smallest absolute Gasteiger partial charge is 0.320 e. The number of methoxy groups -OCH3 is 1. The van der Waals surface area contributed by atoms with Crippen molar-refractivity contribution in [3.63, 3.8) is 0 Å². The first-order chi connectivity index (χ1) is 7.47. The van der Waals surface area contributed by atoms with E-state index in [1.807, 2.05) is 19.1 Å². The topological polar surface area (TPSA) is 72.5 Å². The van der Waals surface area contributed by atoms with Crippen molar-refractivity contribution in [2.75, 3.05) is 7.11 Å². The number of ether oxygens (including phenoxy) is 1. The molecular weight excluding hydrogens is 274 g/mol. The van der Waals surface area contributed by atoms with Crippen LogP contribution in [-0.4, -0.2) is 24.2 Å². The maximum absolute atomic E-state index is 10.7. The number of hydrogen-bond donors (Lipinski definition) is 2. The number of nitrogens with two attached hydrogens (primary N) is 1. The average Bonchev–Trinajstić information content (AvgIpc) is 2.23. The molecule has 0 spiro atoms. The van der Waals surface area contributed by atoms with Gasteiger partial charge in [-0.2, -0.15) is 0 Å². The fourth-order valence-corrected chi connectivity index (χ4v) is 1.95. The van der Waals surface area contributed by atoms with Gasteiger partial charge in [0.05, 0.1) is 11.6 Å². The average molecular weight is 288 g/mol. The van der Waals surface area contributed by atoms with Gasteiger partial charge in [-0.25, -0.2) is 0 Å². The van der Waals surface area contributed by atoms with Gasteiger partial charge in [-0.1, -0.05) is 12.1 Å². The monoisotopic (exact) mass is 287 g/mol. The normalized spacial score (nSPS) is 12.2. The Morgan fingerprint density at radius 1 is 1.62 bits per heavy atom. The molecule has 0 heterocycles. The Morgan fingerprint density at radius 2 is 2.25 bits per heavy atom. The van der Waals surface area contributed by atoms with Crippen molar-refractivity contribution >= 4 is 21.9 Å². The number of aliphatic carboxylic acids is 1. The van der Waals surface area contributed by atoms with E-state index in [1.165, 1.54) is 0 Å². The summed E-state index contributed by atoms with van der Waals surface area (Å²) in [5.41, 5.74) is 7.31. The van der Waals surface area contributed by atoms with Crippen molar-refractivity contribution in [3.05, 3.63) is 27.7 Å². The van der Waals surface area contributed by atoms with Crippen molar-refractivity contribution in [2.45, 2.75) is 19.4 Å². The summed E-state index contributed by atoms with van der Waals surface area (Å²) in [5.74, 6) is -0.365. The fraction of sp³-hybridized carbons (Fsp3) is 0.364. The molecule has 1 atom stereocenters. The van der Waals surface area contributed by atoms with Crippen LogP contribution < -0.4 is 10.5 Å². The first kappa shape index (κ1) is 13.0. The molecule has 0 saturated carbocycles. The van der Waals surface area contributed by atoms with Crippen molar-refractivity contribution < 1.29 is 14.6 Å². The highest BCUT2D eigenvalue weighted by atomic mass is 79.9. The molecule has 16 heavy (non-hydrogen) atoms. The van der Waals surface area contributed by atoms with Crippen LogP contribution in [0.15, 0.2) is 16.6 Å². The van der Waals surface area contributed by atoms with E-state index in [4.69, 9.17) is 15.6 Å². The minimum Gasteiger partial charge on any atom is -0.495 e. The second kappa shape index (κ2) is 5.32. The highest BCUT2D eigenvalue weighted by Crippen LogP contribution is 2.32. The van der Waals surface area contributed by atoms with Crippen LogP contribution in [0.25, 0.3) is 0 Å². The SMILES string of the molecule is COc1c(CC(N)C(=O)O)ccc(C)c1Br. The molecule has 1 rings (SSSR count). The van der Waals surface area contributed by atoms with Crippen molar-refractivity contribution in [3.8, 4) is 5.75 Å². The molecule has 0 aliphatic carbocycles. The molecule has 0 fully saturated rings. The number of benzene rings is 1. The lowest BCUT2D eigenvalue weighted by molar-refractivity contribution is -0.138. The maximum Gasteiger partial charge on any atom is 0.320 e. The molecule has 1 aromatic carbocycles. The molecule has 1 unspecified atom stereocenters. The zero-order chi connectivity index (χ0) is 12.3. The number of carboxylic acids is 1. The first-order valence-electron chi connectivity index (χ1n) is 4.77. The molecule has 0 radical (unpaired) electrons. The van der Waals surface area contributed by atoms with E-state index in [0.29, 0.717) is 5.75 Å². The lowest BCUT2D eigenvalue weighted by atomic mass is 10.0. The third kappa shape index (κ3) is 2.74. The van der Waals surface area contributed by atoms with E-state index >= 15 is 0 Å². The van der Waals surface area contributed by atoms with Crippen LogP contribution in [0.3, 0.4) is 0 Å². The first-order valence-corrected chi connectivity index (χ1v) is 5.57. The molecule has 5 heteroatoms. The molecule has 4 nitrogen and oxygen atoms in total. The summed E-state index contributed by atoms with van der Waals surface area (Å²) in [6, 6.07) is 2.82. The van der Waals surface area contributed by atoms with Crippen LogP contribution in [0.1, 0.15) is 11.1 Å². The van der Waals surface area contributed by atoms with Gasteiger partial charge in [-0.05, 0) is 34.0 Å². The van der Waals surface area contributed by atoms with Crippen LogP contribution in [0.4, 0.5) is 0 Å². The highest BCUT2D eigenvalue weighted by Gasteiger charge is 2.17. The molecule has 0 saturated heterocycles. The Morgan fingerprint density at radius 3 is 2.75 bits per heavy atom. The van der Waals surface area contributed by atoms with Crippen molar-refractivity contribution in [2.24, 2.45) is 5.73 Å². The number of aryl methyl sites for hydroxylation is 1. The molecule has 1 aromatic rings. The van der Waals surface area contributed by atoms with Gasteiger partial charge < -0.3 is 15.6 Å². The van der Waals surface area contributed by atoms with Gasteiger partial charge in [0, 0.05) is 6.42 Å². The lowest BCUT2D eigenvalue weighted by Crippen LogP contribution is -2.32. The van der Waals surface area contributed by atoms with Gasteiger partial charge in [0.2, 0.25) is 0 Å². The number of rotatable bonds is 4. The zero-order valence-electron chi connectivity index (χ0n) is 9.16. The molecule has 0 amide bonds.